The summed E-state index contributed by atoms with van der Waals surface area (Å²) >= 11 is 0. The van der Waals surface area contributed by atoms with Crippen molar-refractivity contribution in [1.82, 2.24) is 34.8 Å². The highest BCUT2D eigenvalue weighted by atomic mass is 19.1. The van der Waals surface area contributed by atoms with Crippen molar-refractivity contribution in [2.45, 2.75) is 37.8 Å². The average Bonchev–Trinajstić information content (AvgIpc) is 3.60. The summed E-state index contributed by atoms with van der Waals surface area (Å²) in [4.78, 5) is 31.6. The number of aromatic nitrogens is 6. The smallest absolute Gasteiger partial charge is 0.269 e. The predicted molar refractivity (Wildman–Crippen MR) is 131 cm³/mol. The molecule has 4 aromatic heterocycles. The van der Waals surface area contributed by atoms with Gasteiger partial charge in [-0.3, -0.25) is 4.79 Å². The third-order valence-corrected chi connectivity index (χ3v) is 6.76. The van der Waals surface area contributed by atoms with Crippen LogP contribution in [0.25, 0.3) is 33.3 Å². The summed E-state index contributed by atoms with van der Waals surface area (Å²) in [6.07, 6.45) is 9.98. The third-order valence-electron chi connectivity index (χ3n) is 6.76. The van der Waals surface area contributed by atoms with E-state index < -0.39 is 11.6 Å². The zero-order chi connectivity index (χ0) is 24.8. The molecule has 0 aliphatic heterocycles. The van der Waals surface area contributed by atoms with Crippen molar-refractivity contribution in [3.05, 3.63) is 60.4 Å². The van der Waals surface area contributed by atoms with Crippen molar-refractivity contribution < 1.29 is 13.6 Å². The molecule has 4 heterocycles. The average molecular weight is 491 g/mol. The van der Waals surface area contributed by atoms with Crippen molar-refractivity contribution in [1.29, 1.82) is 0 Å². The van der Waals surface area contributed by atoms with Gasteiger partial charge >= 0.3 is 0 Å². The Labute approximate surface area is 204 Å². The fourth-order valence-corrected chi connectivity index (χ4v) is 5.00. The Morgan fingerprint density at radius 2 is 2.00 bits per heavy atom. The number of amides is 1. The maximum absolute atomic E-state index is 14.3. The number of imidazole rings is 1. The van der Waals surface area contributed by atoms with Crippen LogP contribution in [0.15, 0.2) is 43.1 Å². The number of hydrogen-bond acceptors (Lipinski definition) is 5. The maximum Gasteiger partial charge on any atom is 0.269 e. The number of H-pyrrole nitrogens is 2. The Morgan fingerprint density at radius 3 is 2.83 bits per heavy atom. The van der Waals surface area contributed by atoms with Crippen LogP contribution in [0.2, 0.25) is 0 Å². The molecule has 1 aliphatic carbocycles. The molecule has 1 aliphatic rings. The SMILES string of the molecule is Cn1ccc2c(NC3CCCC(NC(=O)c4cnc[nH]4)C3)nc(-c3c[nH]c4c(F)cc(F)cc34)nc21. The lowest BCUT2D eigenvalue weighted by molar-refractivity contribution is 0.0922. The zero-order valence-corrected chi connectivity index (χ0v) is 19.5. The minimum Gasteiger partial charge on any atom is -0.367 e. The fourth-order valence-electron chi connectivity index (χ4n) is 5.00. The number of fused-ring (bicyclic) bond motifs is 2. The maximum atomic E-state index is 14.3. The number of carbonyl (C=O) groups is 1. The van der Waals surface area contributed by atoms with E-state index in [0.29, 0.717) is 33.9 Å². The molecule has 1 saturated carbocycles. The van der Waals surface area contributed by atoms with Crippen molar-refractivity contribution in [2.24, 2.45) is 7.05 Å². The van der Waals surface area contributed by atoms with Gasteiger partial charge in [0.05, 0.1) is 23.4 Å². The second-order valence-corrected chi connectivity index (χ2v) is 9.22. The number of benzene rings is 1. The van der Waals surface area contributed by atoms with Crippen molar-refractivity contribution in [2.75, 3.05) is 5.32 Å². The van der Waals surface area contributed by atoms with Crippen LogP contribution in [0.1, 0.15) is 36.2 Å². The molecule has 0 radical (unpaired) electrons. The normalized spacial score (nSPS) is 18.1. The number of aromatic amines is 2. The second kappa shape index (κ2) is 8.74. The quantitative estimate of drug-likeness (QED) is 0.294. The number of hydrogen-bond donors (Lipinski definition) is 4. The third kappa shape index (κ3) is 3.96. The molecule has 1 fully saturated rings. The summed E-state index contributed by atoms with van der Waals surface area (Å²) in [7, 11) is 1.89. The number of nitrogens with zero attached hydrogens (tertiary/aromatic N) is 4. The highest BCUT2D eigenvalue weighted by Gasteiger charge is 2.26. The topological polar surface area (TPSA) is 116 Å². The molecular weight excluding hydrogens is 466 g/mol. The molecule has 2 unspecified atom stereocenters. The fraction of sp³-hybridized carbons (Fsp3) is 0.280. The Hall–Kier alpha value is -4.28. The molecule has 36 heavy (non-hydrogen) atoms. The van der Waals surface area contributed by atoms with Gasteiger partial charge in [0, 0.05) is 48.5 Å². The molecular formula is C25H24F2N8O. The van der Waals surface area contributed by atoms with E-state index in [2.05, 4.69) is 25.6 Å². The molecule has 0 bridgehead atoms. The Bertz CT molecular complexity index is 1570. The largest absolute Gasteiger partial charge is 0.367 e. The first kappa shape index (κ1) is 22.2. The molecule has 4 N–H and O–H groups in total. The van der Waals surface area contributed by atoms with Gasteiger partial charge < -0.3 is 25.2 Å². The van der Waals surface area contributed by atoms with E-state index in [1.54, 1.807) is 6.20 Å². The van der Waals surface area contributed by atoms with Gasteiger partial charge in [-0.15, -0.1) is 0 Å². The lowest BCUT2D eigenvalue weighted by atomic mass is 9.90. The number of carbonyl (C=O) groups excluding carboxylic acids is 1. The summed E-state index contributed by atoms with van der Waals surface area (Å²) in [5, 5.41) is 7.86. The van der Waals surface area contributed by atoms with E-state index in [0.717, 1.165) is 37.1 Å². The van der Waals surface area contributed by atoms with E-state index in [1.807, 2.05) is 23.9 Å². The van der Waals surface area contributed by atoms with Gasteiger partial charge in [-0.05, 0) is 37.8 Å². The number of nitrogens with one attached hydrogen (secondary N) is 4. The Balaban J connectivity index is 1.31. The molecule has 9 nitrogen and oxygen atoms in total. The second-order valence-electron chi connectivity index (χ2n) is 9.22. The van der Waals surface area contributed by atoms with Gasteiger partial charge in [0.1, 0.15) is 28.8 Å². The summed E-state index contributed by atoms with van der Waals surface area (Å²) in [5.41, 5.74) is 1.86. The molecule has 2 atom stereocenters. The molecule has 5 aromatic rings. The van der Waals surface area contributed by atoms with Crippen molar-refractivity contribution >= 4 is 33.7 Å². The molecule has 0 spiro atoms. The van der Waals surface area contributed by atoms with Crippen LogP contribution in [0.3, 0.4) is 0 Å². The summed E-state index contributed by atoms with van der Waals surface area (Å²) in [6, 6.07) is 4.16. The van der Waals surface area contributed by atoms with E-state index in [-0.39, 0.29) is 23.5 Å². The first-order valence-corrected chi connectivity index (χ1v) is 11.8. The zero-order valence-electron chi connectivity index (χ0n) is 19.5. The van der Waals surface area contributed by atoms with E-state index >= 15 is 0 Å². The van der Waals surface area contributed by atoms with Crippen molar-refractivity contribution in [3.8, 4) is 11.4 Å². The Morgan fingerprint density at radius 1 is 1.14 bits per heavy atom. The number of rotatable bonds is 5. The summed E-state index contributed by atoms with van der Waals surface area (Å²) < 4.78 is 30.2. The molecule has 184 valence electrons. The first-order chi connectivity index (χ1) is 17.5. The van der Waals surface area contributed by atoms with E-state index in [1.165, 1.54) is 18.6 Å². The Kier molecular flexibility index (Phi) is 5.39. The van der Waals surface area contributed by atoms with Crippen LogP contribution in [0.5, 0.6) is 0 Å². The highest BCUT2D eigenvalue weighted by molar-refractivity contribution is 5.97. The van der Waals surface area contributed by atoms with Crippen LogP contribution in [0.4, 0.5) is 14.6 Å². The van der Waals surface area contributed by atoms with Gasteiger partial charge in [-0.25, -0.2) is 23.7 Å². The van der Waals surface area contributed by atoms with E-state index in [4.69, 9.17) is 9.97 Å². The van der Waals surface area contributed by atoms with Gasteiger partial charge in [-0.1, -0.05) is 0 Å². The number of aryl methyl sites for hydroxylation is 1. The van der Waals surface area contributed by atoms with Crippen LogP contribution in [-0.4, -0.2) is 47.5 Å². The first-order valence-electron chi connectivity index (χ1n) is 11.8. The minimum absolute atomic E-state index is 0.0131. The monoisotopic (exact) mass is 490 g/mol. The van der Waals surface area contributed by atoms with Crippen molar-refractivity contribution in [3.63, 3.8) is 0 Å². The van der Waals surface area contributed by atoms with Gasteiger partial charge in [0.2, 0.25) is 0 Å². The van der Waals surface area contributed by atoms with Gasteiger partial charge in [0.15, 0.2) is 5.82 Å². The van der Waals surface area contributed by atoms with Crippen LogP contribution < -0.4 is 10.6 Å². The summed E-state index contributed by atoms with van der Waals surface area (Å²) in [5.74, 6) is -0.494. The number of halogens is 2. The highest BCUT2D eigenvalue weighted by Crippen LogP contribution is 2.33. The standard InChI is InChI=1S/C25H24F2N8O/c1-35-6-5-16-22(31-14-3-2-4-15(9-14)32-25(36)20-11-28-12-30-20)33-23(34-24(16)35)18-10-29-21-17(18)7-13(26)8-19(21)27/h5-8,10-12,14-15,29H,2-4,9H2,1H3,(H,28,30)(H,32,36)(H,31,33,34). The summed E-state index contributed by atoms with van der Waals surface area (Å²) in [6.45, 7) is 0. The molecule has 6 rings (SSSR count). The minimum atomic E-state index is -0.667. The number of anilines is 1. The molecule has 1 amide bonds. The van der Waals surface area contributed by atoms with Gasteiger partial charge in [-0.2, -0.15) is 0 Å². The van der Waals surface area contributed by atoms with E-state index in [9.17, 15) is 13.6 Å². The van der Waals surface area contributed by atoms with Gasteiger partial charge in [0.25, 0.3) is 5.91 Å². The van der Waals surface area contributed by atoms with Crippen LogP contribution in [-0.2, 0) is 7.05 Å². The lowest BCUT2D eigenvalue weighted by Gasteiger charge is -2.30. The molecule has 11 heteroatoms. The van der Waals surface area contributed by atoms with Crippen LogP contribution in [0, 0.1) is 11.6 Å². The molecule has 1 aromatic carbocycles. The van der Waals surface area contributed by atoms with Crippen LogP contribution >= 0.6 is 0 Å². The predicted octanol–water partition coefficient (Wildman–Crippen LogP) is 4.27. The lowest BCUT2D eigenvalue weighted by Crippen LogP contribution is -2.42. The molecule has 0 saturated heterocycles.